The Kier molecular flexibility index (Phi) is 4.79. The van der Waals surface area contributed by atoms with Crippen LogP contribution in [0, 0.1) is 0 Å². The maximum Gasteiger partial charge on any atom is 0.272 e. The van der Waals surface area contributed by atoms with E-state index in [1.807, 2.05) is 47.2 Å². The third-order valence-corrected chi connectivity index (χ3v) is 4.22. The van der Waals surface area contributed by atoms with Gasteiger partial charge in [-0.25, -0.2) is 0 Å². The zero-order chi connectivity index (χ0) is 17.1. The van der Waals surface area contributed by atoms with Crippen LogP contribution in [-0.4, -0.2) is 10.5 Å². The molecule has 2 aromatic carbocycles. The van der Waals surface area contributed by atoms with Crippen molar-refractivity contribution in [2.24, 2.45) is 0 Å². The summed E-state index contributed by atoms with van der Waals surface area (Å²) in [7, 11) is 0. The number of rotatable bonds is 4. The first kappa shape index (κ1) is 16.4. The average Bonchev–Trinajstić information content (AvgIpc) is 3.01. The summed E-state index contributed by atoms with van der Waals surface area (Å²) in [6.07, 6.45) is 1.87. The highest BCUT2D eigenvalue weighted by molar-refractivity contribution is 6.39. The summed E-state index contributed by atoms with van der Waals surface area (Å²) in [5.74, 6) is -0.243. The molecule has 0 bridgehead atoms. The molecule has 0 aliphatic carbocycles. The van der Waals surface area contributed by atoms with Crippen LogP contribution in [-0.2, 0) is 6.54 Å². The molecule has 4 nitrogen and oxygen atoms in total. The molecular formula is C18H15Cl2N3O. The largest absolute Gasteiger partial charge is 0.396 e. The number of hydrogen-bond acceptors (Lipinski definition) is 2. The number of nitrogens with one attached hydrogen (secondary N) is 1. The minimum Gasteiger partial charge on any atom is -0.396 e. The summed E-state index contributed by atoms with van der Waals surface area (Å²) in [5, 5.41) is 3.40. The van der Waals surface area contributed by atoms with E-state index in [9.17, 15) is 4.79 Å². The third kappa shape index (κ3) is 3.55. The molecule has 0 radical (unpaired) electrons. The lowest BCUT2D eigenvalue weighted by atomic mass is 10.2. The van der Waals surface area contributed by atoms with E-state index < -0.39 is 0 Å². The van der Waals surface area contributed by atoms with Crippen LogP contribution in [0.2, 0.25) is 10.0 Å². The number of benzene rings is 2. The van der Waals surface area contributed by atoms with Gasteiger partial charge in [0.25, 0.3) is 5.91 Å². The lowest BCUT2D eigenvalue weighted by Gasteiger charge is -2.11. The van der Waals surface area contributed by atoms with E-state index in [0.717, 1.165) is 5.56 Å². The molecule has 0 saturated heterocycles. The van der Waals surface area contributed by atoms with Gasteiger partial charge in [0.15, 0.2) is 0 Å². The summed E-state index contributed by atoms with van der Waals surface area (Å²) in [4.78, 5) is 12.5. The Morgan fingerprint density at radius 1 is 1.04 bits per heavy atom. The predicted octanol–water partition coefficient (Wildman–Crippen LogP) is 4.68. The molecular weight excluding hydrogens is 345 g/mol. The molecule has 1 aromatic heterocycles. The highest BCUT2D eigenvalue weighted by Crippen LogP contribution is 2.31. The van der Waals surface area contributed by atoms with Gasteiger partial charge in [0.1, 0.15) is 5.69 Å². The number of amides is 1. The van der Waals surface area contributed by atoms with Crippen LogP contribution < -0.4 is 11.1 Å². The fraction of sp³-hybridized carbons (Fsp3) is 0.0556. The molecule has 1 heterocycles. The molecule has 0 atom stereocenters. The van der Waals surface area contributed by atoms with Crippen LogP contribution in [0.15, 0.2) is 60.8 Å². The van der Waals surface area contributed by atoms with E-state index in [4.69, 9.17) is 28.9 Å². The molecule has 0 aliphatic rings. The molecule has 0 unspecified atom stereocenters. The first-order chi connectivity index (χ1) is 11.5. The average molecular weight is 360 g/mol. The predicted molar refractivity (Wildman–Crippen MR) is 98.8 cm³/mol. The summed E-state index contributed by atoms with van der Waals surface area (Å²) >= 11 is 12.0. The minimum atomic E-state index is -0.243. The van der Waals surface area contributed by atoms with Crippen molar-refractivity contribution in [3.8, 4) is 0 Å². The molecule has 0 fully saturated rings. The van der Waals surface area contributed by atoms with Crippen LogP contribution in [0.3, 0.4) is 0 Å². The number of carbonyl (C=O) groups excluding carboxylic acids is 1. The monoisotopic (exact) mass is 359 g/mol. The van der Waals surface area contributed by atoms with Crippen LogP contribution in [0.1, 0.15) is 16.1 Å². The van der Waals surface area contributed by atoms with Gasteiger partial charge in [-0.15, -0.1) is 0 Å². The van der Waals surface area contributed by atoms with Crippen LogP contribution in [0.5, 0.6) is 0 Å². The molecule has 1 amide bonds. The molecule has 24 heavy (non-hydrogen) atoms. The smallest absolute Gasteiger partial charge is 0.272 e. The second-order valence-corrected chi connectivity index (χ2v) is 6.13. The maximum absolute atomic E-state index is 12.5. The van der Waals surface area contributed by atoms with Crippen LogP contribution in [0.25, 0.3) is 0 Å². The molecule has 3 aromatic rings. The third-order valence-electron chi connectivity index (χ3n) is 3.59. The summed E-state index contributed by atoms with van der Waals surface area (Å²) in [6.45, 7) is 0.611. The number of hydrogen-bond donors (Lipinski definition) is 2. The quantitative estimate of drug-likeness (QED) is 0.664. The van der Waals surface area contributed by atoms with Gasteiger partial charge in [0.2, 0.25) is 0 Å². The van der Waals surface area contributed by atoms with Gasteiger partial charge >= 0.3 is 0 Å². The normalized spacial score (nSPS) is 10.6. The van der Waals surface area contributed by atoms with Crippen LogP contribution in [0.4, 0.5) is 11.4 Å². The summed E-state index contributed by atoms with van der Waals surface area (Å²) in [5.41, 5.74) is 8.15. The highest BCUT2D eigenvalue weighted by atomic mass is 35.5. The first-order valence-corrected chi connectivity index (χ1v) is 8.05. The van der Waals surface area contributed by atoms with Crippen molar-refractivity contribution >= 4 is 40.5 Å². The lowest BCUT2D eigenvalue weighted by Crippen LogP contribution is -2.17. The van der Waals surface area contributed by atoms with Crippen molar-refractivity contribution in [1.82, 2.24) is 4.57 Å². The second-order valence-electron chi connectivity index (χ2n) is 5.31. The van der Waals surface area contributed by atoms with Crippen LogP contribution >= 0.6 is 23.2 Å². The Bertz CT molecular complexity index is 852. The summed E-state index contributed by atoms with van der Waals surface area (Å²) in [6, 6.07) is 16.7. The number of nitrogens with zero attached hydrogens (tertiary/aromatic N) is 1. The molecule has 3 rings (SSSR count). The first-order valence-electron chi connectivity index (χ1n) is 7.29. The zero-order valence-corrected chi connectivity index (χ0v) is 14.2. The second kappa shape index (κ2) is 6.99. The highest BCUT2D eigenvalue weighted by Gasteiger charge is 2.13. The Hall–Kier alpha value is -2.43. The number of nitrogens with two attached hydrogens (primary N) is 1. The zero-order valence-electron chi connectivity index (χ0n) is 12.7. The van der Waals surface area contributed by atoms with E-state index in [2.05, 4.69) is 5.32 Å². The van der Waals surface area contributed by atoms with E-state index in [1.165, 1.54) is 0 Å². The SMILES string of the molecule is Nc1c(Cl)cc(NC(=O)c2cccn2Cc2ccccc2)cc1Cl. The Morgan fingerprint density at radius 3 is 2.38 bits per heavy atom. The number of nitrogen functional groups attached to an aromatic ring is 1. The number of anilines is 2. The van der Waals surface area contributed by atoms with Gasteiger partial charge < -0.3 is 15.6 Å². The van der Waals surface area contributed by atoms with E-state index in [0.29, 0.717) is 33.7 Å². The molecule has 122 valence electrons. The van der Waals surface area contributed by atoms with Gasteiger partial charge in [-0.1, -0.05) is 53.5 Å². The Labute approximate surface area is 149 Å². The fourth-order valence-electron chi connectivity index (χ4n) is 2.39. The van der Waals surface area contributed by atoms with Gasteiger partial charge in [-0.05, 0) is 29.8 Å². The van der Waals surface area contributed by atoms with Gasteiger partial charge in [-0.2, -0.15) is 0 Å². The van der Waals surface area contributed by atoms with Crippen molar-refractivity contribution in [3.63, 3.8) is 0 Å². The number of carbonyl (C=O) groups is 1. The van der Waals surface area contributed by atoms with Crippen molar-refractivity contribution in [3.05, 3.63) is 82.1 Å². The lowest BCUT2D eigenvalue weighted by molar-refractivity contribution is 0.101. The van der Waals surface area contributed by atoms with E-state index >= 15 is 0 Å². The molecule has 0 spiro atoms. The molecule has 6 heteroatoms. The molecule has 3 N–H and O–H groups in total. The van der Waals surface area contributed by atoms with E-state index in [-0.39, 0.29) is 5.91 Å². The minimum absolute atomic E-state index is 0.243. The van der Waals surface area contributed by atoms with Crippen molar-refractivity contribution in [1.29, 1.82) is 0 Å². The summed E-state index contributed by atoms with van der Waals surface area (Å²) < 4.78 is 1.88. The van der Waals surface area contributed by atoms with Crippen molar-refractivity contribution < 1.29 is 4.79 Å². The van der Waals surface area contributed by atoms with Gasteiger partial charge in [0.05, 0.1) is 15.7 Å². The van der Waals surface area contributed by atoms with Gasteiger partial charge in [0, 0.05) is 18.4 Å². The van der Waals surface area contributed by atoms with E-state index in [1.54, 1.807) is 18.2 Å². The number of aromatic nitrogens is 1. The van der Waals surface area contributed by atoms with Crippen molar-refractivity contribution in [2.75, 3.05) is 11.1 Å². The van der Waals surface area contributed by atoms with Crippen molar-refractivity contribution in [2.45, 2.75) is 6.54 Å². The Morgan fingerprint density at radius 2 is 1.71 bits per heavy atom. The molecule has 0 aliphatic heterocycles. The van der Waals surface area contributed by atoms with Gasteiger partial charge in [-0.3, -0.25) is 4.79 Å². The standard InChI is InChI=1S/C18H15Cl2N3O/c19-14-9-13(10-15(20)17(14)21)22-18(24)16-7-4-8-23(16)11-12-5-2-1-3-6-12/h1-10H,11,21H2,(H,22,24). The topological polar surface area (TPSA) is 60.0 Å². The number of halogens is 2. The molecule has 0 saturated carbocycles. The Balaban J connectivity index is 1.80. The maximum atomic E-state index is 12.5. The fourth-order valence-corrected chi connectivity index (χ4v) is 2.88.